The van der Waals surface area contributed by atoms with Gasteiger partial charge in [0.2, 0.25) is 9.84 Å². The van der Waals surface area contributed by atoms with Crippen molar-refractivity contribution in [1.82, 2.24) is 10.3 Å². The first-order valence-electron chi connectivity index (χ1n) is 8.01. The Morgan fingerprint density at radius 1 is 1.08 bits per heavy atom. The van der Waals surface area contributed by atoms with Crippen molar-refractivity contribution in [3.05, 3.63) is 46.4 Å². The Kier molecular flexibility index (Phi) is 4.56. The molecule has 4 rings (SSSR count). The molecular formula is C17H15Cl2N3O3S. The standard InChI is InChI=1S/C17H15Cl2N3O3S/c18-11-1-3-13(19)16(9-11)26(23,24)12-2-4-15-14(10-12)21-17(25-15)22-7-5-20-6-8-22/h1-4,9-10,20H,5-8H2. The van der Waals surface area contributed by atoms with Crippen LogP contribution < -0.4 is 10.2 Å². The van der Waals surface area contributed by atoms with Gasteiger partial charge in [-0.05, 0) is 36.4 Å². The van der Waals surface area contributed by atoms with Crippen LogP contribution in [0, 0.1) is 0 Å². The molecular weight excluding hydrogens is 397 g/mol. The maximum absolute atomic E-state index is 12.9. The van der Waals surface area contributed by atoms with E-state index in [0.717, 1.165) is 26.2 Å². The Labute approximate surface area is 160 Å². The molecule has 0 saturated carbocycles. The van der Waals surface area contributed by atoms with Crippen molar-refractivity contribution < 1.29 is 12.8 Å². The molecule has 26 heavy (non-hydrogen) atoms. The van der Waals surface area contributed by atoms with E-state index < -0.39 is 9.84 Å². The average molecular weight is 412 g/mol. The number of hydrogen-bond donors (Lipinski definition) is 1. The van der Waals surface area contributed by atoms with Gasteiger partial charge in [-0.15, -0.1) is 0 Å². The SMILES string of the molecule is O=S(=O)(c1ccc2oc(N3CCNCC3)nc2c1)c1cc(Cl)ccc1Cl. The lowest BCUT2D eigenvalue weighted by Crippen LogP contribution is -2.43. The van der Waals surface area contributed by atoms with Gasteiger partial charge >= 0.3 is 0 Å². The fraction of sp³-hybridized carbons (Fsp3) is 0.235. The fourth-order valence-corrected chi connectivity index (χ4v) is 4.90. The van der Waals surface area contributed by atoms with E-state index >= 15 is 0 Å². The molecule has 0 amide bonds. The normalized spacial score (nSPS) is 15.5. The van der Waals surface area contributed by atoms with Crippen LogP contribution in [0.25, 0.3) is 11.1 Å². The second kappa shape index (κ2) is 6.74. The highest BCUT2D eigenvalue weighted by Gasteiger charge is 2.23. The summed E-state index contributed by atoms with van der Waals surface area (Å²) in [6, 6.07) is 9.45. The summed E-state index contributed by atoms with van der Waals surface area (Å²) < 4.78 is 31.6. The number of oxazole rings is 1. The van der Waals surface area contributed by atoms with Gasteiger partial charge in [-0.2, -0.15) is 4.98 Å². The number of fused-ring (bicyclic) bond motifs is 1. The number of aromatic nitrogens is 1. The number of sulfone groups is 1. The topological polar surface area (TPSA) is 75.4 Å². The van der Waals surface area contributed by atoms with E-state index in [0.29, 0.717) is 22.1 Å². The van der Waals surface area contributed by atoms with Crippen LogP contribution in [0.15, 0.2) is 50.6 Å². The lowest BCUT2D eigenvalue weighted by atomic mass is 10.3. The van der Waals surface area contributed by atoms with Crippen molar-refractivity contribution in [2.45, 2.75) is 9.79 Å². The average Bonchev–Trinajstić information content (AvgIpc) is 3.07. The molecule has 6 nitrogen and oxygen atoms in total. The van der Waals surface area contributed by atoms with Crippen molar-refractivity contribution >= 4 is 50.2 Å². The van der Waals surface area contributed by atoms with Crippen LogP contribution in [-0.4, -0.2) is 39.6 Å². The van der Waals surface area contributed by atoms with Crippen LogP contribution in [0.1, 0.15) is 0 Å². The van der Waals surface area contributed by atoms with Crippen molar-refractivity contribution in [1.29, 1.82) is 0 Å². The summed E-state index contributed by atoms with van der Waals surface area (Å²) in [4.78, 5) is 6.54. The fourth-order valence-electron chi connectivity index (χ4n) is 2.86. The summed E-state index contributed by atoms with van der Waals surface area (Å²) in [5, 5.41) is 3.69. The molecule has 136 valence electrons. The zero-order valence-corrected chi connectivity index (χ0v) is 15.9. The molecule has 1 aliphatic rings. The first-order valence-corrected chi connectivity index (χ1v) is 10.3. The predicted octanol–water partition coefficient (Wildman–Crippen LogP) is 3.38. The number of hydrogen-bond acceptors (Lipinski definition) is 6. The zero-order chi connectivity index (χ0) is 18.3. The highest BCUT2D eigenvalue weighted by atomic mass is 35.5. The third kappa shape index (κ3) is 3.16. The second-order valence-corrected chi connectivity index (χ2v) is 8.70. The van der Waals surface area contributed by atoms with Crippen LogP contribution in [0.5, 0.6) is 0 Å². The van der Waals surface area contributed by atoms with Gasteiger partial charge in [0.15, 0.2) is 5.58 Å². The minimum absolute atomic E-state index is 0.0307. The molecule has 1 aromatic heterocycles. The summed E-state index contributed by atoms with van der Waals surface area (Å²) in [5.74, 6) is 0. The first kappa shape index (κ1) is 17.6. The lowest BCUT2D eigenvalue weighted by molar-refractivity contribution is 0.517. The third-order valence-electron chi connectivity index (χ3n) is 4.23. The highest BCUT2D eigenvalue weighted by Crippen LogP contribution is 2.32. The molecule has 1 aliphatic heterocycles. The maximum atomic E-state index is 12.9. The zero-order valence-electron chi connectivity index (χ0n) is 13.6. The van der Waals surface area contributed by atoms with E-state index in [-0.39, 0.29) is 14.8 Å². The molecule has 1 N–H and O–H groups in total. The predicted molar refractivity (Wildman–Crippen MR) is 101 cm³/mol. The molecule has 3 aromatic rings. The Hall–Kier alpha value is -1.80. The van der Waals surface area contributed by atoms with E-state index in [4.69, 9.17) is 27.6 Å². The molecule has 0 bridgehead atoms. The van der Waals surface area contributed by atoms with Crippen LogP contribution in [-0.2, 0) is 9.84 Å². The molecule has 1 saturated heterocycles. The van der Waals surface area contributed by atoms with E-state index in [2.05, 4.69) is 10.3 Å². The van der Waals surface area contributed by atoms with Gasteiger partial charge < -0.3 is 14.6 Å². The number of halogens is 2. The van der Waals surface area contributed by atoms with Gasteiger partial charge in [-0.1, -0.05) is 23.2 Å². The minimum Gasteiger partial charge on any atom is -0.423 e. The van der Waals surface area contributed by atoms with E-state index in [1.165, 1.54) is 24.3 Å². The second-order valence-electron chi connectivity index (χ2n) is 5.94. The molecule has 2 aromatic carbocycles. The Balaban J connectivity index is 1.76. The van der Waals surface area contributed by atoms with Gasteiger partial charge in [0.05, 0.1) is 14.8 Å². The lowest BCUT2D eigenvalue weighted by Gasteiger charge is -2.25. The van der Waals surface area contributed by atoms with Crippen molar-refractivity contribution in [2.24, 2.45) is 0 Å². The van der Waals surface area contributed by atoms with Crippen molar-refractivity contribution in [2.75, 3.05) is 31.1 Å². The summed E-state index contributed by atoms with van der Waals surface area (Å²) in [6.45, 7) is 3.28. The van der Waals surface area contributed by atoms with Gasteiger partial charge in [-0.3, -0.25) is 0 Å². The molecule has 0 radical (unpaired) electrons. The third-order valence-corrected chi connectivity index (χ3v) is 6.70. The first-order chi connectivity index (χ1) is 12.4. The molecule has 0 aliphatic carbocycles. The molecule has 2 heterocycles. The molecule has 0 atom stereocenters. The summed E-state index contributed by atoms with van der Waals surface area (Å²) >= 11 is 12.0. The molecule has 9 heteroatoms. The number of anilines is 1. The Morgan fingerprint density at radius 2 is 1.85 bits per heavy atom. The van der Waals surface area contributed by atoms with Crippen molar-refractivity contribution in [3.63, 3.8) is 0 Å². The van der Waals surface area contributed by atoms with Crippen LogP contribution >= 0.6 is 23.2 Å². The van der Waals surface area contributed by atoms with Crippen molar-refractivity contribution in [3.8, 4) is 0 Å². The number of nitrogens with one attached hydrogen (secondary N) is 1. The van der Waals surface area contributed by atoms with Gasteiger partial charge in [0.1, 0.15) is 5.52 Å². The van der Waals surface area contributed by atoms with E-state index in [1.54, 1.807) is 12.1 Å². The molecule has 0 spiro atoms. The number of rotatable bonds is 3. The maximum Gasteiger partial charge on any atom is 0.298 e. The Bertz CT molecular complexity index is 1080. The van der Waals surface area contributed by atoms with Crippen LogP contribution in [0.3, 0.4) is 0 Å². The van der Waals surface area contributed by atoms with E-state index in [1.807, 2.05) is 4.90 Å². The minimum atomic E-state index is -3.82. The van der Waals surface area contributed by atoms with Crippen LogP contribution in [0.2, 0.25) is 10.0 Å². The molecule has 1 fully saturated rings. The number of nitrogens with zero attached hydrogens (tertiary/aromatic N) is 2. The monoisotopic (exact) mass is 411 g/mol. The summed E-state index contributed by atoms with van der Waals surface area (Å²) in [5.41, 5.74) is 1.02. The number of piperazine rings is 1. The summed E-state index contributed by atoms with van der Waals surface area (Å²) in [6.07, 6.45) is 0. The molecule has 0 unspecified atom stereocenters. The van der Waals surface area contributed by atoms with E-state index in [9.17, 15) is 8.42 Å². The van der Waals surface area contributed by atoms with Gasteiger partial charge in [0.25, 0.3) is 6.01 Å². The largest absolute Gasteiger partial charge is 0.423 e. The Morgan fingerprint density at radius 3 is 2.62 bits per heavy atom. The van der Waals surface area contributed by atoms with Crippen LogP contribution in [0.4, 0.5) is 6.01 Å². The van der Waals surface area contributed by atoms with Gasteiger partial charge in [-0.25, -0.2) is 8.42 Å². The number of benzene rings is 2. The summed E-state index contributed by atoms with van der Waals surface area (Å²) in [7, 11) is -3.82. The van der Waals surface area contributed by atoms with Gasteiger partial charge in [0, 0.05) is 31.2 Å². The highest BCUT2D eigenvalue weighted by molar-refractivity contribution is 7.91. The smallest absolute Gasteiger partial charge is 0.298 e. The quantitative estimate of drug-likeness (QED) is 0.711.